The number of unbranched alkanes of at least 4 members (excludes halogenated alkanes) is 4. The van der Waals surface area contributed by atoms with Gasteiger partial charge >= 0.3 is 18.1 Å². The van der Waals surface area contributed by atoms with Gasteiger partial charge in [0.25, 0.3) is 0 Å². The van der Waals surface area contributed by atoms with E-state index in [-0.39, 0.29) is 68.0 Å². The summed E-state index contributed by atoms with van der Waals surface area (Å²) in [7, 11) is 0. The smallest absolute Gasteiger partial charge is 0.389 e. The first-order valence-electron chi connectivity index (χ1n) is 17.3. The molecule has 1 saturated carbocycles. The lowest BCUT2D eigenvalue weighted by atomic mass is 9.88. The Hall–Kier alpha value is -4.47. The minimum atomic E-state index is -4.26. The minimum absolute atomic E-state index is 0.0453. The van der Waals surface area contributed by atoms with Crippen LogP contribution in [0, 0.1) is 23.4 Å². The molecule has 4 rings (SSSR count). The number of carbonyl (C=O) groups is 2. The summed E-state index contributed by atoms with van der Waals surface area (Å²) < 4.78 is 121. The number of allylic oxidation sites excluding steroid dienone is 2. The van der Waals surface area contributed by atoms with Crippen LogP contribution in [0.3, 0.4) is 0 Å². The molecule has 2 aliphatic carbocycles. The van der Waals surface area contributed by atoms with Gasteiger partial charge in [0.2, 0.25) is 5.82 Å². The van der Waals surface area contributed by atoms with Crippen LogP contribution >= 0.6 is 0 Å². The number of fused-ring (bicyclic) bond motifs is 1. The van der Waals surface area contributed by atoms with Gasteiger partial charge in [-0.25, -0.2) is 22.8 Å². The molecule has 0 amide bonds. The first kappa shape index (κ1) is 42.3. The van der Waals surface area contributed by atoms with Crippen LogP contribution in [0.1, 0.15) is 56.1 Å². The molecule has 54 heavy (non-hydrogen) atoms. The summed E-state index contributed by atoms with van der Waals surface area (Å²) in [6.45, 7) is 4.36. The van der Waals surface area contributed by atoms with Gasteiger partial charge in [0.05, 0.1) is 31.0 Å². The largest absolute Gasteiger partial charge is 0.487 e. The molecule has 2 aromatic carbocycles. The quantitative estimate of drug-likeness (QED) is 0.0573. The lowest BCUT2D eigenvalue weighted by molar-refractivity contribution is -0.142. The highest BCUT2D eigenvalue weighted by molar-refractivity contribution is 5.88. The predicted molar refractivity (Wildman–Crippen MR) is 183 cm³/mol. The van der Waals surface area contributed by atoms with Gasteiger partial charge in [-0.3, -0.25) is 0 Å². The normalized spacial score (nSPS) is 17.6. The molecule has 15 heteroatoms. The van der Waals surface area contributed by atoms with Crippen LogP contribution in [0.15, 0.2) is 66.5 Å². The Morgan fingerprint density at radius 2 is 1.33 bits per heavy atom. The zero-order valence-electron chi connectivity index (χ0n) is 29.3. The predicted octanol–water partition coefficient (Wildman–Crippen LogP) is 7.80. The van der Waals surface area contributed by atoms with Crippen molar-refractivity contribution in [3.8, 4) is 16.9 Å². The van der Waals surface area contributed by atoms with E-state index in [2.05, 4.69) is 13.2 Å². The Bertz CT molecular complexity index is 1780. The van der Waals surface area contributed by atoms with Crippen LogP contribution in [0.5, 0.6) is 5.75 Å². The number of esters is 2. The Kier molecular flexibility index (Phi) is 14.7. The number of hydrogen-bond acceptors (Lipinski definition) is 8. The summed E-state index contributed by atoms with van der Waals surface area (Å²) in [5, 5.41) is 17.9. The van der Waals surface area contributed by atoms with Crippen molar-refractivity contribution in [2.24, 2.45) is 5.92 Å². The van der Waals surface area contributed by atoms with Gasteiger partial charge in [-0.15, -0.1) is 0 Å². The van der Waals surface area contributed by atoms with E-state index in [1.165, 1.54) is 18.2 Å². The third-order valence-electron chi connectivity index (χ3n) is 9.02. The van der Waals surface area contributed by atoms with E-state index in [9.17, 15) is 22.8 Å². The zero-order valence-corrected chi connectivity index (χ0v) is 29.3. The van der Waals surface area contributed by atoms with Crippen molar-refractivity contribution < 1.29 is 69.5 Å². The summed E-state index contributed by atoms with van der Waals surface area (Å²) in [4.78, 5) is 23.3. The van der Waals surface area contributed by atoms with E-state index in [0.717, 1.165) is 12.1 Å². The number of hydrogen-bond donors (Lipinski definition) is 2. The maximum absolute atomic E-state index is 16.5. The van der Waals surface area contributed by atoms with Crippen molar-refractivity contribution in [2.45, 2.75) is 63.1 Å². The Morgan fingerprint density at radius 3 is 1.96 bits per heavy atom. The summed E-state index contributed by atoms with van der Waals surface area (Å²) >= 11 is 0. The molecule has 0 spiro atoms. The third-order valence-corrected chi connectivity index (χ3v) is 9.02. The van der Waals surface area contributed by atoms with Crippen molar-refractivity contribution in [2.75, 3.05) is 39.6 Å². The molecule has 0 heterocycles. The molecule has 0 saturated heterocycles. The number of aliphatic hydroxyl groups excluding tert-OH is 2. The van der Waals surface area contributed by atoms with Crippen LogP contribution in [0.4, 0.5) is 30.7 Å². The average molecular weight is 771 g/mol. The summed E-state index contributed by atoms with van der Waals surface area (Å²) in [5.41, 5.74) is -1.68. The number of benzene rings is 2. The number of halogens is 7. The number of aliphatic hydroxyl groups is 2. The highest BCUT2D eigenvalue weighted by Crippen LogP contribution is 2.57. The Balaban J connectivity index is 1.52. The SMILES string of the molecule is C=C(CO)C(=O)OCCOc1ccc(-c2ccc(C3=CC4CC4(OCCOC(=O)C(=C)CO)C(F)=C3)c(CCCCCCCC(F)(F)F)c2F)c(F)c1F. The maximum Gasteiger partial charge on any atom is 0.389 e. The van der Waals surface area contributed by atoms with Gasteiger partial charge in [-0.2, -0.15) is 17.6 Å². The molecule has 1 fully saturated rings. The molecule has 0 bridgehead atoms. The maximum atomic E-state index is 16.5. The second-order valence-corrected chi connectivity index (χ2v) is 12.9. The van der Waals surface area contributed by atoms with Gasteiger partial charge < -0.3 is 29.2 Å². The zero-order chi connectivity index (χ0) is 39.6. The fourth-order valence-corrected chi connectivity index (χ4v) is 5.99. The van der Waals surface area contributed by atoms with Crippen molar-refractivity contribution in [3.05, 3.63) is 95.1 Å². The number of alkyl halides is 3. The van der Waals surface area contributed by atoms with Gasteiger partial charge in [-0.05, 0) is 60.6 Å². The molecule has 2 atom stereocenters. The van der Waals surface area contributed by atoms with Gasteiger partial charge in [-0.1, -0.05) is 50.6 Å². The molecule has 294 valence electrons. The average Bonchev–Trinajstić information content (AvgIpc) is 3.87. The van der Waals surface area contributed by atoms with E-state index in [1.807, 2.05) is 0 Å². The first-order valence-corrected chi connectivity index (χ1v) is 17.3. The van der Waals surface area contributed by atoms with Crippen LogP contribution in [-0.4, -0.2) is 73.6 Å². The highest BCUT2D eigenvalue weighted by atomic mass is 19.4. The molecule has 0 radical (unpaired) electrons. The summed E-state index contributed by atoms with van der Waals surface area (Å²) in [5.74, 6) is -7.08. The minimum Gasteiger partial charge on any atom is -0.487 e. The number of ether oxygens (including phenoxy) is 4. The monoisotopic (exact) mass is 770 g/mol. The lowest BCUT2D eigenvalue weighted by Crippen LogP contribution is -2.24. The second-order valence-electron chi connectivity index (χ2n) is 12.9. The van der Waals surface area contributed by atoms with Crippen LogP contribution in [0.2, 0.25) is 0 Å². The van der Waals surface area contributed by atoms with Crippen molar-refractivity contribution in [3.63, 3.8) is 0 Å². The van der Waals surface area contributed by atoms with E-state index >= 15 is 17.6 Å². The third kappa shape index (κ3) is 10.6. The molecule has 2 aromatic rings. The molecular weight excluding hydrogens is 729 g/mol. The number of carbonyl (C=O) groups excluding carboxylic acids is 2. The van der Waals surface area contributed by atoms with Gasteiger partial charge in [0, 0.05) is 23.5 Å². The summed E-state index contributed by atoms with van der Waals surface area (Å²) in [6.07, 6.45) is -0.427. The first-order chi connectivity index (χ1) is 25.6. The van der Waals surface area contributed by atoms with E-state index in [0.29, 0.717) is 36.8 Å². The fraction of sp³-hybridized carbons (Fsp3) is 0.436. The van der Waals surface area contributed by atoms with Crippen LogP contribution < -0.4 is 4.74 Å². The van der Waals surface area contributed by atoms with Crippen molar-refractivity contribution in [1.29, 1.82) is 0 Å². The van der Waals surface area contributed by atoms with E-state index in [1.54, 1.807) is 6.08 Å². The molecule has 0 aromatic heterocycles. The fourth-order valence-electron chi connectivity index (χ4n) is 5.99. The van der Waals surface area contributed by atoms with E-state index < -0.39 is 83.9 Å². The van der Waals surface area contributed by atoms with Crippen LogP contribution in [-0.2, 0) is 30.2 Å². The van der Waals surface area contributed by atoms with Crippen LogP contribution in [0.25, 0.3) is 16.7 Å². The standard InChI is InChI=1S/C39H41F7O8/c1-23(21-47)36(49)52-15-14-51-31-12-11-30(34(42)35(31)43)29-10-9-27(28(33(29)41)8-6-4-3-5-7-13-39(44,45)46)25-18-26-20-38(26,32(40)19-25)54-17-16-53-37(50)24(2)22-48/h9-12,18-19,26,47-48H,1-8,13-17,20-22H2. The van der Waals surface area contributed by atoms with E-state index in [4.69, 9.17) is 29.2 Å². The lowest BCUT2D eigenvalue weighted by Gasteiger charge is -2.22. The number of rotatable bonds is 21. The van der Waals surface area contributed by atoms with Crippen molar-refractivity contribution in [1.82, 2.24) is 0 Å². The van der Waals surface area contributed by atoms with Crippen molar-refractivity contribution >= 4 is 17.5 Å². The molecule has 0 aliphatic heterocycles. The molecule has 2 unspecified atom stereocenters. The second kappa shape index (κ2) is 18.7. The Labute approximate surface area is 307 Å². The van der Waals surface area contributed by atoms with Gasteiger partial charge in [0.15, 0.2) is 11.6 Å². The summed E-state index contributed by atoms with van der Waals surface area (Å²) in [6, 6.07) is 4.90. The topological polar surface area (TPSA) is 112 Å². The highest BCUT2D eigenvalue weighted by Gasteiger charge is 2.59. The molecular formula is C39H41F7O8. The van der Waals surface area contributed by atoms with Gasteiger partial charge in [0.1, 0.15) is 37.1 Å². The molecule has 8 nitrogen and oxygen atoms in total. The Morgan fingerprint density at radius 1 is 0.759 bits per heavy atom. The molecule has 2 N–H and O–H groups in total. The molecule has 2 aliphatic rings.